The average Bonchev–Trinajstić information content (AvgIpc) is 2.77. The zero-order valence-corrected chi connectivity index (χ0v) is 19.8. The zero-order valence-electron chi connectivity index (χ0n) is 18.3. The van der Waals surface area contributed by atoms with Crippen LogP contribution >= 0.6 is 11.6 Å². The van der Waals surface area contributed by atoms with Gasteiger partial charge in [-0.1, -0.05) is 29.8 Å². The van der Waals surface area contributed by atoms with E-state index in [1.165, 1.54) is 35.1 Å². The lowest BCUT2D eigenvalue weighted by molar-refractivity contribution is -0.120. The average molecular weight is 479 g/mol. The Kier molecular flexibility index (Phi) is 7.43. The molecule has 0 fully saturated rings. The molecule has 1 heterocycles. The van der Waals surface area contributed by atoms with Crippen LogP contribution in [0.2, 0.25) is 5.02 Å². The number of nitrogens with one attached hydrogen (secondary N) is 2. The van der Waals surface area contributed by atoms with Crippen molar-refractivity contribution in [2.24, 2.45) is 0 Å². The topological polar surface area (TPSA) is 98.8 Å². The van der Waals surface area contributed by atoms with Crippen LogP contribution in [0, 0.1) is 0 Å². The highest BCUT2D eigenvalue weighted by Crippen LogP contribution is 2.26. The monoisotopic (exact) mass is 478 g/mol. The van der Waals surface area contributed by atoms with Crippen molar-refractivity contribution in [1.29, 1.82) is 0 Å². The summed E-state index contributed by atoms with van der Waals surface area (Å²) in [5.74, 6) is -1.10. The maximum Gasteiger partial charge on any atom is 0.271 e. The van der Waals surface area contributed by atoms with E-state index in [4.69, 9.17) is 11.6 Å². The summed E-state index contributed by atoms with van der Waals surface area (Å²) < 4.78 is 26.7. The van der Waals surface area contributed by atoms with Crippen LogP contribution in [0.1, 0.15) is 36.2 Å². The normalized spacial score (nSPS) is 13.8. The third-order valence-corrected chi connectivity index (χ3v) is 7.80. The van der Waals surface area contributed by atoms with E-state index in [0.29, 0.717) is 0 Å². The second-order valence-electron chi connectivity index (χ2n) is 7.91. The van der Waals surface area contributed by atoms with Gasteiger partial charge < -0.3 is 4.90 Å². The van der Waals surface area contributed by atoms with Gasteiger partial charge in [0.25, 0.3) is 11.8 Å². The number of amides is 2. The molecule has 8 nitrogen and oxygen atoms in total. The highest BCUT2D eigenvalue weighted by Gasteiger charge is 2.25. The fourth-order valence-corrected chi connectivity index (χ4v) is 5.06. The fourth-order valence-electron chi connectivity index (χ4n) is 3.47. The minimum atomic E-state index is -3.79. The van der Waals surface area contributed by atoms with E-state index < -0.39 is 21.8 Å². The number of rotatable bonds is 6. The lowest BCUT2D eigenvalue weighted by Crippen LogP contribution is -2.47. The summed E-state index contributed by atoms with van der Waals surface area (Å²) in [7, 11) is -2.32. The Labute approximate surface area is 193 Å². The Morgan fingerprint density at radius 3 is 2.59 bits per heavy atom. The third-order valence-electron chi connectivity index (χ3n) is 5.44. The van der Waals surface area contributed by atoms with Crippen LogP contribution in [-0.4, -0.2) is 50.7 Å². The van der Waals surface area contributed by atoms with Crippen molar-refractivity contribution in [2.45, 2.75) is 37.6 Å². The van der Waals surface area contributed by atoms with Gasteiger partial charge in [0, 0.05) is 25.3 Å². The Bertz CT molecular complexity index is 1120. The zero-order chi connectivity index (χ0) is 23.5. The first-order chi connectivity index (χ1) is 15.1. The Hall–Kier alpha value is -2.62. The van der Waals surface area contributed by atoms with Crippen LogP contribution in [0.25, 0.3) is 0 Å². The van der Waals surface area contributed by atoms with Crippen molar-refractivity contribution >= 4 is 39.1 Å². The number of hydrogen-bond acceptors (Lipinski definition) is 5. The van der Waals surface area contributed by atoms with E-state index in [-0.39, 0.29) is 28.1 Å². The molecule has 3 rings (SSSR count). The molecule has 2 aromatic carbocycles. The first kappa shape index (κ1) is 24.0. The molecule has 0 radical (unpaired) electrons. The second kappa shape index (κ2) is 9.89. The predicted octanol–water partition coefficient (Wildman–Crippen LogP) is 2.58. The lowest BCUT2D eigenvalue weighted by Gasteiger charge is -2.30. The van der Waals surface area contributed by atoms with Gasteiger partial charge >= 0.3 is 0 Å². The van der Waals surface area contributed by atoms with Gasteiger partial charge in [0.2, 0.25) is 10.0 Å². The number of anilines is 1. The molecule has 0 aromatic heterocycles. The minimum Gasteiger partial charge on any atom is -0.362 e. The SMILES string of the molecule is CC(C)N(C)S(=O)(=O)c1ccc(Cl)c(C(=O)NNC(=O)CN2CCCc3ccccc32)c1. The quantitative estimate of drug-likeness (QED) is 0.622. The number of aryl methyl sites for hydroxylation is 1. The fraction of sp³-hybridized carbons (Fsp3) is 0.364. The second-order valence-corrected chi connectivity index (χ2v) is 10.3. The van der Waals surface area contributed by atoms with Gasteiger partial charge in [-0.3, -0.25) is 20.4 Å². The number of sulfonamides is 1. The molecule has 2 aromatic rings. The number of fused-ring (bicyclic) bond motifs is 1. The third kappa shape index (κ3) is 5.23. The smallest absolute Gasteiger partial charge is 0.271 e. The van der Waals surface area contributed by atoms with Gasteiger partial charge in [-0.05, 0) is 56.5 Å². The first-order valence-corrected chi connectivity index (χ1v) is 12.1. The molecule has 32 heavy (non-hydrogen) atoms. The molecular formula is C22H27ClN4O4S. The van der Waals surface area contributed by atoms with Gasteiger partial charge in [0.15, 0.2) is 0 Å². The Balaban J connectivity index is 1.67. The molecule has 0 bridgehead atoms. The van der Waals surface area contributed by atoms with E-state index in [2.05, 4.69) is 10.9 Å². The largest absolute Gasteiger partial charge is 0.362 e. The summed E-state index contributed by atoms with van der Waals surface area (Å²) in [6, 6.07) is 11.6. The number of carbonyl (C=O) groups excluding carboxylic acids is 2. The van der Waals surface area contributed by atoms with Crippen LogP contribution in [0.15, 0.2) is 47.4 Å². The van der Waals surface area contributed by atoms with Gasteiger partial charge in [-0.15, -0.1) is 0 Å². The Morgan fingerprint density at radius 1 is 1.16 bits per heavy atom. The van der Waals surface area contributed by atoms with Crippen LogP contribution in [0.4, 0.5) is 5.69 Å². The van der Waals surface area contributed by atoms with Gasteiger partial charge in [0.1, 0.15) is 0 Å². The van der Waals surface area contributed by atoms with Crippen LogP contribution in [-0.2, 0) is 21.2 Å². The van der Waals surface area contributed by atoms with Crippen LogP contribution in [0.5, 0.6) is 0 Å². The molecule has 0 atom stereocenters. The van der Waals surface area contributed by atoms with Crippen molar-refractivity contribution in [3.05, 3.63) is 58.6 Å². The lowest BCUT2D eigenvalue weighted by atomic mass is 10.0. The van der Waals surface area contributed by atoms with Crippen LogP contribution in [0.3, 0.4) is 0 Å². The van der Waals surface area contributed by atoms with E-state index in [1.54, 1.807) is 13.8 Å². The molecular weight excluding hydrogens is 452 g/mol. The van der Waals surface area contributed by atoms with Crippen molar-refractivity contribution in [3.63, 3.8) is 0 Å². The number of hydrazine groups is 1. The number of hydrogen-bond donors (Lipinski definition) is 2. The van der Waals surface area contributed by atoms with E-state index in [1.807, 2.05) is 29.2 Å². The summed E-state index contributed by atoms with van der Waals surface area (Å²) in [4.78, 5) is 26.9. The van der Waals surface area contributed by atoms with Gasteiger partial charge in [-0.2, -0.15) is 4.31 Å². The highest BCUT2D eigenvalue weighted by atomic mass is 35.5. The molecule has 1 aliphatic rings. The maximum absolute atomic E-state index is 12.7. The molecule has 0 unspecified atom stereocenters. The van der Waals surface area contributed by atoms with Crippen molar-refractivity contribution in [1.82, 2.24) is 15.2 Å². The molecule has 0 aliphatic carbocycles. The van der Waals surface area contributed by atoms with Crippen molar-refractivity contribution in [3.8, 4) is 0 Å². The molecule has 2 N–H and O–H groups in total. The molecule has 1 aliphatic heterocycles. The molecule has 0 spiro atoms. The number of para-hydroxylation sites is 1. The number of carbonyl (C=O) groups is 2. The molecule has 172 valence electrons. The van der Waals surface area contributed by atoms with E-state index >= 15 is 0 Å². The Morgan fingerprint density at radius 2 is 1.88 bits per heavy atom. The summed E-state index contributed by atoms with van der Waals surface area (Å²) in [6.07, 6.45) is 1.91. The maximum atomic E-state index is 12.7. The molecule has 0 saturated heterocycles. The predicted molar refractivity (Wildman–Crippen MR) is 124 cm³/mol. The molecule has 2 amide bonds. The highest BCUT2D eigenvalue weighted by molar-refractivity contribution is 7.89. The summed E-state index contributed by atoms with van der Waals surface area (Å²) in [5, 5.41) is 0.0767. The van der Waals surface area contributed by atoms with E-state index in [9.17, 15) is 18.0 Å². The number of benzene rings is 2. The number of halogens is 1. The summed E-state index contributed by atoms with van der Waals surface area (Å²) in [6.45, 7) is 4.32. The van der Waals surface area contributed by atoms with E-state index in [0.717, 1.165) is 25.1 Å². The number of nitrogens with zero attached hydrogens (tertiary/aromatic N) is 2. The minimum absolute atomic E-state index is 0.0477. The molecule has 0 saturated carbocycles. The van der Waals surface area contributed by atoms with Crippen LogP contribution < -0.4 is 15.8 Å². The first-order valence-electron chi connectivity index (χ1n) is 10.3. The van der Waals surface area contributed by atoms with Gasteiger partial charge in [0.05, 0.1) is 22.0 Å². The molecule has 10 heteroatoms. The summed E-state index contributed by atoms with van der Waals surface area (Å²) >= 11 is 6.12. The standard InChI is InChI=1S/C22H27ClN4O4S/c1-15(2)26(3)32(30,31)17-10-11-19(23)18(13-17)22(29)25-24-21(28)14-27-12-6-8-16-7-4-5-9-20(16)27/h4-5,7,9-11,13,15H,6,8,12,14H2,1-3H3,(H,24,28)(H,25,29). The van der Waals surface area contributed by atoms with Crippen molar-refractivity contribution < 1.29 is 18.0 Å². The summed E-state index contributed by atoms with van der Waals surface area (Å²) in [5.41, 5.74) is 6.86. The van der Waals surface area contributed by atoms with Gasteiger partial charge in [-0.25, -0.2) is 8.42 Å². The van der Waals surface area contributed by atoms with Crippen molar-refractivity contribution in [2.75, 3.05) is 25.0 Å².